The van der Waals surface area contributed by atoms with E-state index in [4.69, 9.17) is 27.9 Å². The van der Waals surface area contributed by atoms with Crippen molar-refractivity contribution in [3.63, 3.8) is 0 Å². The van der Waals surface area contributed by atoms with Crippen LogP contribution in [0.4, 0.5) is 0 Å². The predicted octanol–water partition coefficient (Wildman–Crippen LogP) is 1.19. The third-order valence-electron chi connectivity index (χ3n) is 2.63. The van der Waals surface area contributed by atoms with Crippen molar-refractivity contribution in [2.75, 3.05) is 12.9 Å². The van der Waals surface area contributed by atoms with Crippen LogP contribution in [0.15, 0.2) is 23.4 Å². The summed E-state index contributed by atoms with van der Waals surface area (Å²) in [4.78, 5) is 11.2. The molecule has 8 nitrogen and oxygen atoms in total. The Balaban J connectivity index is 2.33. The lowest BCUT2D eigenvalue weighted by molar-refractivity contribution is 0.108. The molecule has 0 bridgehead atoms. The Morgan fingerprint density at radius 3 is 2.68 bits per heavy atom. The third-order valence-corrected chi connectivity index (χ3v) is 4.33. The number of nitrogens with zero attached hydrogens (tertiary/aromatic N) is 4. The number of sulfone groups is 1. The van der Waals surface area contributed by atoms with E-state index in [-0.39, 0.29) is 34.4 Å². The van der Waals surface area contributed by atoms with E-state index >= 15 is 0 Å². The zero-order valence-electron chi connectivity index (χ0n) is 11.2. The zero-order valence-corrected chi connectivity index (χ0v) is 13.6. The van der Waals surface area contributed by atoms with Crippen LogP contribution >= 0.6 is 23.2 Å². The minimum Gasteiger partial charge on any atom is -0.489 e. The molecule has 0 amide bonds. The predicted molar refractivity (Wildman–Crippen MR) is 78.1 cm³/mol. The number of carbonyl (C=O) groups is 1. The number of aromatic nitrogens is 4. The van der Waals surface area contributed by atoms with E-state index in [0.29, 0.717) is 0 Å². The van der Waals surface area contributed by atoms with Crippen LogP contribution in [0.5, 0.6) is 5.75 Å². The van der Waals surface area contributed by atoms with Crippen LogP contribution in [-0.4, -0.2) is 46.7 Å². The molecule has 0 N–H and O–H groups in total. The Kier molecular flexibility index (Phi) is 4.99. The van der Waals surface area contributed by atoms with Gasteiger partial charge in [0, 0.05) is 6.26 Å². The standard InChI is InChI=1S/C11H10Cl2N4O4S/c1-22(19,20)8-3-2-7(11(13)18)9(12)10(8)21-5-4-17-6-14-15-16-17/h2-3,6H,4-5H2,1H3. The van der Waals surface area contributed by atoms with E-state index < -0.39 is 15.1 Å². The minimum atomic E-state index is -3.59. The molecule has 0 saturated carbocycles. The lowest BCUT2D eigenvalue weighted by atomic mass is 10.2. The number of carbonyl (C=O) groups excluding carboxylic acids is 1. The molecule has 1 aromatic carbocycles. The second-order valence-electron chi connectivity index (χ2n) is 4.22. The molecule has 22 heavy (non-hydrogen) atoms. The molecule has 0 atom stereocenters. The van der Waals surface area contributed by atoms with Gasteiger partial charge in [-0.1, -0.05) is 11.6 Å². The average Bonchev–Trinajstić information content (AvgIpc) is 2.91. The molecular formula is C11H10Cl2N4O4S. The highest BCUT2D eigenvalue weighted by molar-refractivity contribution is 7.90. The Labute approximate surface area is 135 Å². The molecule has 0 spiro atoms. The summed E-state index contributed by atoms with van der Waals surface area (Å²) in [6, 6.07) is 2.46. The maximum Gasteiger partial charge on any atom is 0.254 e. The van der Waals surface area contributed by atoms with Gasteiger partial charge >= 0.3 is 0 Å². The normalized spacial score (nSPS) is 11.4. The average molecular weight is 365 g/mol. The maximum atomic E-state index is 11.8. The summed E-state index contributed by atoms with van der Waals surface area (Å²) in [5.74, 6) is -0.122. The van der Waals surface area contributed by atoms with Crippen LogP contribution < -0.4 is 4.74 Å². The first-order valence-corrected chi connectivity index (χ1v) is 8.51. The van der Waals surface area contributed by atoms with Crippen molar-refractivity contribution in [1.82, 2.24) is 20.2 Å². The first-order valence-electron chi connectivity index (χ1n) is 5.86. The summed E-state index contributed by atoms with van der Waals surface area (Å²) < 4.78 is 30.4. The van der Waals surface area contributed by atoms with Crippen LogP contribution in [0.3, 0.4) is 0 Å². The molecule has 2 rings (SSSR count). The fraction of sp³-hybridized carbons (Fsp3) is 0.273. The van der Waals surface area contributed by atoms with Gasteiger partial charge in [-0.05, 0) is 34.2 Å². The van der Waals surface area contributed by atoms with Crippen LogP contribution in [0.1, 0.15) is 10.4 Å². The molecule has 0 fully saturated rings. The highest BCUT2D eigenvalue weighted by Gasteiger charge is 2.22. The van der Waals surface area contributed by atoms with Gasteiger partial charge in [0.05, 0.1) is 17.1 Å². The SMILES string of the molecule is CS(=O)(=O)c1ccc(C(=O)Cl)c(Cl)c1OCCn1cnnn1. The molecule has 0 unspecified atom stereocenters. The van der Waals surface area contributed by atoms with E-state index in [2.05, 4.69) is 15.5 Å². The number of rotatable bonds is 6. The highest BCUT2D eigenvalue weighted by atomic mass is 35.5. The Bertz CT molecular complexity index is 793. The van der Waals surface area contributed by atoms with E-state index in [9.17, 15) is 13.2 Å². The van der Waals surface area contributed by atoms with Gasteiger partial charge in [-0.15, -0.1) is 5.10 Å². The lowest BCUT2D eigenvalue weighted by Crippen LogP contribution is -2.12. The molecule has 0 saturated heterocycles. The summed E-state index contributed by atoms with van der Waals surface area (Å²) in [7, 11) is -3.59. The van der Waals surface area contributed by atoms with Gasteiger partial charge in [0.25, 0.3) is 5.24 Å². The van der Waals surface area contributed by atoms with Crippen LogP contribution in [0, 0.1) is 0 Å². The highest BCUT2D eigenvalue weighted by Crippen LogP contribution is 2.35. The zero-order chi connectivity index (χ0) is 16.3. The van der Waals surface area contributed by atoms with Crippen molar-refractivity contribution in [3.05, 3.63) is 29.0 Å². The molecule has 0 radical (unpaired) electrons. The van der Waals surface area contributed by atoms with Gasteiger partial charge in [0.15, 0.2) is 15.6 Å². The van der Waals surface area contributed by atoms with Crippen molar-refractivity contribution < 1.29 is 17.9 Å². The third kappa shape index (κ3) is 3.73. The van der Waals surface area contributed by atoms with Gasteiger partial charge in [-0.2, -0.15) is 0 Å². The second-order valence-corrected chi connectivity index (χ2v) is 6.93. The first-order chi connectivity index (χ1) is 10.3. The summed E-state index contributed by atoms with van der Waals surface area (Å²) in [6.45, 7) is 0.318. The quantitative estimate of drug-likeness (QED) is 0.708. The number of ether oxygens (including phenoxy) is 1. The number of tetrazole rings is 1. The number of hydrogen-bond acceptors (Lipinski definition) is 7. The van der Waals surface area contributed by atoms with E-state index in [0.717, 1.165) is 6.26 Å². The van der Waals surface area contributed by atoms with Crippen LogP contribution in [0.2, 0.25) is 5.02 Å². The molecule has 0 aliphatic heterocycles. The largest absolute Gasteiger partial charge is 0.489 e. The van der Waals surface area contributed by atoms with E-state index in [1.165, 1.54) is 23.1 Å². The van der Waals surface area contributed by atoms with Crippen molar-refractivity contribution in [1.29, 1.82) is 0 Å². The van der Waals surface area contributed by atoms with Crippen LogP contribution in [-0.2, 0) is 16.4 Å². The van der Waals surface area contributed by atoms with Crippen molar-refractivity contribution in [2.45, 2.75) is 11.4 Å². The molecule has 0 aliphatic rings. The summed E-state index contributed by atoms with van der Waals surface area (Å²) >= 11 is 11.4. The van der Waals surface area contributed by atoms with Gasteiger partial charge in [-0.25, -0.2) is 13.1 Å². The van der Waals surface area contributed by atoms with Crippen LogP contribution in [0.25, 0.3) is 0 Å². The molecular weight excluding hydrogens is 355 g/mol. The van der Waals surface area contributed by atoms with Crippen molar-refractivity contribution in [2.24, 2.45) is 0 Å². The monoisotopic (exact) mass is 364 g/mol. The summed E-state index contributed by atoms with van der Waals surface area (Å²) in [5, 5.41) is 9.58. The minimum absolute atomic E-state index is 0.0341. The topological polar surface area (TPSA) is 104 Å². The molecule has 0 aliphatic carbocycles. The fourth-order valence-electron chi connectivity index (χ4n) is 1.64. The first kappa shape index (κ1) is 16.7. The summed E-state index contributed by atoms with van der Waals surface area (Å²) in [5.41, 5.74) is -0.0341. The smallest absolute Gasteiger partial charge is 0.254 e. The number of halogens is 2. The molecule has 1 heterocycles. The molecule has 118 valence electrons. The Hall–Kier alpha value is -1.71. The van der Waals surface area contributed by atoms with E-state index in [1.54, 1.807) is 0 Å². The maximum absolute atomic E-state index is 11.8. The lowest BCUT2D eigenvalue weighted by Gasteiger charge is -2.13. The van der Waals surface area contributed by atoms with Gasteiger partial charge < -0.3 is 4.74 Å². The van der Waals surface area contributed by atoms with Crippen molar-refractivity contribution >= 4 is 38.3 Å². The van der Waals surface area contributed by atoms with Gasteiger partial charge in [0.1, 0.15) is 17.8 Å². The molecule has 11 heteroatoms. The Morgan fingerprint density at radius 2 is 2.14 bits per heavy atom. The number of hydrogen-bond donors (Lipinski definition) is 0. The van der Waals surface area contributed by atoms with Crippen molar-refractivity contribution in [3.8, 4) is 5.75 Å². The second kappa shape index (κ2) is 6.59. The fourth-order valence-corrected chi connectivity index (χ4v) is 3.02. The van der Waals surface area contributed by atoms with E-state index in [1.807, 2.05) is 0 Å². The van der Waals surface area contributed by atoms with Gasteiger partial charge in [-0.3, -0.25) is 4.79 Å². The molecule has 1 aromatic heterocycles. The van der Waals surface area contributed by atoms with Gasteiger partial charge in [0.2, 0.25) is 0 Å². The Morgan fingerprint density at radius 1 is 1.41 bits per heavy atom. The number of benzene rings is 1. The molecule has 2 aromatic rings. The summed E-state index contributed by atoms with van der Waals surface area (Å²) in [6.07, 6.45) is 2.39.